The summed E-state index contributed by atoms with van der Waals surface area (Å²) in [5.74, 6) is -0.112. The number of anilines is 1. The van der Waals surface area contributed by atoms with Crippen LogP contribution in [0.25, 0.3) is 0 Å². The summed E-state index contributed by atoms with van der Waals surface area (Å²) in [7, 11) is -3.88. The summed E-state index contributed by atoms with van der Waals surface area (Å²) >= 11 is 5.79. The summed E-state index contributed by atoms with van der Waals surface area (Å²) < 4.78 is 32.5. The summed E-state index contributed by atoms with van der Waals surface area (Å²) in [6.45, 7) is 0. The largest absolute Gasteiger partial charge is 0.463 e. The molecule has 1 amide bonds. The summed E-state index contributed by atoms with van der Waals surface area (Å²) in [6.07, 6.45) is 2.81. The lowest BCUT2D eigenvalue weighted by Crippen LogP contribution is -2.21. The second kappa shape index (κ2) is 8.07. The third-order valence-corrected chi connectivity index (χ3v) is 5.07. The smallest absolute Gasteiger partial charge is 0.273 e. The zero-order chi connectivity index (χ0) is 19.3. The standard InChI is InChI=1S/C18H14ClN3O4S/c19-13-7-9-15(10-8-13)27(24,25)22-17-6-2-1-5-16(17)18(23)21-20-12-14-4-3-11-26-14/h1-12,22H,(H,21,23). The molecule has 27 heavy (non-hydrogen) atoms. The Hall–Kier alpha value is -3.10. The van der Waals surface area contributed by atoms with Gasteiger partial charge in [0.15, 0.2) is 0 Å². The maximum Gasteiger partial charge on any atom is 0.273 e. The molecule has 0 unspecified atom stereocenters. The SMILES string of the molecule is O=C(NN=Cc1ccco1)c1ccccc1NS(=O)(=O)c1ccc(Cl)cc1. The molecule has 0 saturated heterocycles. The number of hydrogen-bond donors (Lipinski definition) is 2. The molecule has 9 heteroatoms. The number of amides is 1. The van der Waals surface area contributed by atoms with Gasteiger partial charge in [-0.25, -0.2) is 13.8 Å². The van der Waals surface area contributed by atoms with Gasteiger partial charge in [0, 0.05) is 5.02 Å². The van der Waals surface area contributed by atoms with E-state index in [9.17, 15) is 13.2 Å². The van der Waals surface area contributed by atoms with Crippen LogP contribution < -0.4 is 10.1 Å². The monoisotopic (exact) mass is 403 g/mol. The summed E-state index contributed by atoms with van der Waals surface area (Å²) in [6, 6.07) is 15.2. The van der Waals surface area contributed by atoms with Crippen molar-refractivity contribution in [3.8, 4) is 0 Å². The Balaban J connectivity index is 1.79. The quantitative estimate of drug-likeness (QED) is 0.485. The number of nitrogens with one attached hydrogen (secondary N) is 2. The van der Waals surface area contributed by atoms with Crippen molar-refractivity contribution >= 4 is 39.4 Å². The van der Waals surface area contributed by atoms with E-state index in [0.717, 1.165) is 0 Å². The first-order valence-electron chi connectivity index (χ1n) is 7.70. The van der Waals surface area contributed by atoms with Gasteiger partial charge in [0.1, 0.15) is 5.76 Å². The minimum absolute atomic E-state index is 0.0259. The number of hydrazone groups is 1. The van der Waals surface area contributed by atoms with Crippen molar-refractivity contribution < 1.29 is 17.6 Å². The molecule has 0 atom stereocenters. The highest BCUT2D eigenvalue weighted by Crippen LogP contribution is 2.21. The number of rotatable bonds is 6. The van der Waals surface area contributed by atoms with E-state index in [1.165, 1.54) is 48.9 Å². The van der Waals surface area contributed by atoms with Crippen LogP contribution in [-0.2, 0) is 10.0 Å². The third-order valence-electron chi connectivity index (χ3n) is 3.44. The molecule has 2 aromatic carbocycles. The molecule has 0 aliphatic rings. The van der Waals surface area contributed by atoms with Crippen molar-refractivity contribution in [1.29, 1.82) is 0 Å². The number of carbonyl (C=O) groups excluding carboxylic acids is 1. The van der Waals surface area contributed by atoms with Gasteiger partial charge in [-0.1, -0.05) is 23.7 Å². The molecule has 0 radical (unpaired) electrons. The molecule has 0 aliphatic heterocycles. The summed E-state index contributed by atoms with van der Waals surface area (Å²) in [4.78, 5) is 12.4. The Labute approximate surface area is 160 Å². The van der Waals surface area contributed by atoms with Crippen LogP contribution in [0.2, 0.25) is 5.02 Å². The van der Waals surface area contributed by atoms with E-state index >= 15 is 0 Å². The predicted octanol–water partition coefficient (Wildman–Crippen LogP) is 3.50. The zero-order valence-electron chi connectivity index (χ0n) is 13.8. The lowest BCUT2D eigenvalue weighted by molar-refractivity contribution is 0.0956. The van der Waals surface area contributed by atoms with Gasteiger partial charge < -0.3 is 4.42 Å². The highest BCUT2D eigenvalue weighted by Gasteiger charge is 2.18. The Morgan fingerprint density at radius 3 is 2.48 bits per heavy atom. The molecule has 1 aromatic heterocycles. The molecule has 0 aliphatic carbocycles. The maximum absolute atomic E-state index is 12.5. The van der Waals surface area contributed by atoms with E-state index in [4.69, 9.17) is 16.0 Å². The topological polar surface area (TPSA) is 101 Å². The van der Waals surface area contributed by atoms with Crippen LogP contribution in [0.4, 0.5) is 5.69 Å². The Kier molecular flexibility index (Phi) is 5.58. The average molecular weight is 404 g/mol. The first-order chi connectivity index (χ1) is 13.0. The van der Waals surface area contributed by atoms with Crippen molar-refractivity contribution in [2.75, 3.05) is 4.72 Å². The first kappa shape index (κ1) is 18.7. The highest BCUT2D eigenvalue weighted by molar-refractivity contribution is 7.92. The minimum atomic E-state index is -3.88. The van der Waals surface area contributed by atoms with Crippen LogP contribution in [0.3, 0.4) is 0 Å². The van der Waals surface area contributed by atoms with E-state index in [-0.39, 0.29) is 16.1 Å². The number of furan rings is 1. The van der Waals surface area contributed by atoms with E-state index in [1.807, 2.05) is 0 Å². The van der Waals surface area contributed by atoms with Crippen molar-refractivity contribution in [2.24, 2.45) is 5.10 Å². The second-order valence-corrected chi connectivity index (χ2v) is 7.44. The Bertz CT molecular complexity index is 1060. The van der Waals surface area contributed by atoms with E-state index < -0.39 is 15.9 Å². The Morgan fingerprint density at radius 2 is 1.78 bits per heavy atom. The van der Waals surface area contributed by atoms with E-state index in [1.54, 1.807) is 24.3 Å². The molecule has 1 heterocycles. The van der Waals surface area contributed by atoms with Crippen molar-refractivity contribution in [1.82, 2.24) is 5.43 Å². The molecule has 0 bridgehead atoms. The van der Waals surface area contributed by atoms with Gasteiger partial charge in [-0.3, -0.25) is 9.52 Å². The highest BCUT2D eigenvalue weighted by atomic mass is 35.5. The van der Waals surface area contributed by atoms with Crippen molar-refractivity contribution in [2.45, 2.75) is 4.90 Å². The van der Waals surface area contributed by atoms with Gasteiger partial charge in [0.2, 0.25) is 0 Å². The van der Waals surface area contributed by atoms with Gasteiger partial charge in [-0.15, -0.1) is 0 Å². The van der Waals surface area contributed by atoms with Crippen LogP contribution in [0.1, 0.15) is 16.1 Å². The number of nitrogens with zero attached hydrogens (tertiary/aromatic N) is 1. The lowest BCUT2D eigenvalue weighted by Gasteiger charge is -2.11. The zero-order valence-corrected chi connectivity index (χ0v) is 15.4. The molecule has 0 spiro atoms. The van der Waals surface area contributed by atoms with Crippen LogP contribution in [-0.4, -0.2) is 20.5 Å². The number of carbonyl (C=O) groups is 1. The summed E-state index contributed by atoms with van der Waals surface area (Å²) in [5, 5.41) is 4.20. The third kappa shape index (κ3) is 4.75. The Morgan fingerprint density at radius 1 is 1.04 bits per heavy atom. The van der Waals surface area contributed by atoms with Crippen molar-refractivity contribution in [3.63, 3.8) is 0 Å². The number of para-hydroxylation sites is 1. The fraction of sp³-hybridized carbons (Fsp3) is 0. The molecule has 3 aromatic rings. The number of hydrogen-bond acceptors (Lipinski definition) is 5. The second-order valence-electron chi connectivity index (χ2n) is 5.32. The van der Waals surface area contributed by atoms with Crippen LogP contribution >= 0.6 is 11.6 Å². The number of sulfonamides is 1. The summed E-state index contributed by atoms with van der Waals surface area (Å²) in [5.41, 5.74) is 2.57. The maximum atomic E-state index is 12.5. The number of benzene rings is 2. The first-order valence-corrected chi connectivity index (χ1v) is 9.56. The molecule has 0 fully saturated rings. The molecule has 138 valence electrons. The van der Waals surface area contributed by atoms with Gasteiger partial charge in [-0.2, -0.15) is 5.10 Å². The van der Waals surface area contributed by atoms with Gasteiger partial charge >= 0.3 is 0 Å². The number of halogens is 1. The predicted molar refractivity (Wildman–Crippen MR) is 102 cm³/mol. The van der Waals surface area contributed by atoms with Crippen molar-refractivity contribution in [3.05, 3.63) is 83.3 Å². The minimum Gasteiger partial charge on any atom is -0.463 e. The average Bonchev–Trinajstić information content (AvgIpc) is 3.15. The van der Waals surface area contributed by atoms with Gasteiger partial charge in [0.05, 0.1) is 28.6 Å². The molecular weight excluding hydrogens is 390 g/mol. The molecule has 2 N–H and O–H groups in total. The normalized spacial score (nSPS) is 11.4. The fourth-order valence-electron chi connectivity index (χ4n) is 2.17. The van der Waals surface area contributed by atoms with Crippen LogP contribution in [0, 0.1) is 0 Å². The van der Waals surface area contributed by atoms with Gasteiger partial charge in [-0.05, 0) is 48.5 Å². The molecule has 3 rings (SSSR count). The van der Waals surface area contributed by atoms with Gasteiger partial charge in [0.25, 0.3) is 15.9 Å². The van der Waals surface area contributed by atoms with E-state index in [2.05, 4.69) is 15.2 Å². The fourth-order valence-corrected chi connectivity index (χ4v) is 3.37. The lowest BCUT2D eigenvalue weighted by atomic mass is 10.2. The molecule has 0 saturated carbocycles. The molecule has 7 nitrogen and oxygen atoms in total. The van der Waals surface area contributed by atoms with Crippen LogP contribution in [0.15, 0.2) is 81.3 Å². The van der Waals surface area contributed by atoms with Crippen LogP contribution in [0.5, 0.6) is 0 Å². The molecular formula is C18H14ClN3O4S. The van der Waals surface area contributed by atoms with E-state index in [0.29, 0.717) is 10.8 Å².